The molecule has 2 N–H and O–H groups in total. The summed E-state index contributed by atoms with van der Waals surface area (Å²) in [6, 6.07) is 6.76. The molecule has 2 fully saturated rings. The highest BCUT2D eigenvalue weighted by Gasteiger charge is 2.49. The summed E-state index contributed by atoms with van der Waals surface area (Å²) in [7, 11) is 0. The van der Waals surface area contributed by atoms with Crippen LogP contribution >= 0.6 is 11.6 Å². The highest BCUT2D eigenvalue weighted by Crippen LogP contribution is 2.47. The van der Waals surface area contributed by atoms with Gasteiger partial charge in [-0.3, -0.25) is 4.79 Å². The second kappa shape index (κ2) is 6.06. The molecule has 5 nitrogen and oxygen atoms in total. The van der Waals surface area contributed by atoms with Gasteiger partial charge in [-0.25, -0.2) is 4.79 Å². The Labute approximate surface area is 151 Å². The molecule has 2 aliphatic rings. The average Bonchev–Trinajstić information content (AvgIpc) is 3.26. The van der Waals surface area contributed by atoms with Gasteiger partial charge in [0.05, 0.1) is 6.42 Å². The van der Waals surface area contributed by atoms with Crippen molar-refractivity contribution in [1.29, 1.82) is 0 Å². The lowest BCUT2D eigenvalue weighted by molar-refractivity contribution is -0.148. The lowest BCUT2D eigenvalue weighted by Crippen LogP contribution is -2.41. The van der Waals surface area contributed by atoms with Crippen molar-refractivity contribution in [2.45, 2.75) is 44.6 Å². The number of fused-ring (bicyclic) bond motifs is 1. The smallest absolute Gasteiger partial charge is 0.326 e. The zero-order valence-electron chi connectivity index (χ0n) is 13.9. The third-order valence-electron chi connectivity index (χ3n) is 5.76. The minimum Gasteiger partial charge on any atom is -0.480 e. The van der Waals surface area contributed by atoms with Crippen LogP contribution in [0.25, 0.3) is 10.9 Å². The fraction of sp³-hybridized carbons (Fsp3) is 0.474. The van der Waals surface area contributed by atoms with Gasteiger partial charge in [-0.2, -0.15) is 0 Å². The first kappa shape index (κ1) is 16.5. The summed E-state index contributed by atoms with van der Waals surface area (Å²) in [6.45, 7) is 0.578. The van der Waals surface area contributed by atoms with Crippen LogP contribution in [0, 0.1) is 5.41 Å². The molecule has 4 rings (SSSR count). The molecular formula is C19H21ClN2O3. The summed E-state index contributed by atoms with van der Waals surface area (Å²) < 4.78 is 0. The number of carbonyl (C=O) groups is 2. The third kappa shape index (κ3) is 3.01. The number of H-pyrrole nitrogens is 1. The number of hydrogen-bond acceptors (Lipinski definition) is 2. The van der Waals surface area contributed by atoms with Crippen molar-refractivity contribution >= 4 is 34.4 Å². The molecule has 2 heterocycles. The Morgan fingerprint density at radius 2 is 2.04 bits per heavy atom. The van der Waals surface area contributed by atoms with Crippen LogP contribution in [0.2, 0.25) is 5.02 Å². The molecule has 2 aromatic rings. The van der Waals surface area contributed by atoms with Gasteiger partial charge >= 0.3 is 5.97 Å². The van der Waals surface area contributed by atoms with Crippen molar-refractivity contribution < 1.29 is 14.7 Å². The van der Waals surface area contributed by atoms with E-state index in [9.17, 15) is 14.7 Å². The standard InChI is InChI=1S/C19H21ClN2O3/c20-13-3-4-15-12(7-13)8-14(21-15)9-17(23)22-11-19(5-1-2-6-19)10-16(22)18(24)25/h3-4,7-8,16,21H,1-2,5-6,9-11H2,(H,24,25). The Balaban J connectivity index is 1.55. The molecule has 1 aromatic heterocycles. The topological polar surface area (TPSA) is 73.4 Å². The largest absolute Gasteiger partial charge is 0.480 e. The number of rotatable bonds is 3. The maximum atomic E-state index is 12.8. The number of halogens is 1. The Bertz CT molecular complexity index is 838. The fourth-order valence-corrected chi connectivity index (χ4v) is 4.73. The number of likely N-dealkylation sites (tertiary alicyclic amines) is 1. The van der Waals surface area contributed by atoms with Crippen molar-refractivity contribution in [3.63, 3.8) is 0 Å². The van der Waals surface area contributed by atoms with E-state index in [0.29, 0.717) is 18.0 Å². The number of benzene rings is 1. The van der Waals surface area contributed by atoms with Gasteiger partial charge in [0.1, 0.15) is 6.04 Å². The minimum absolute atomic E-state index is 0.0205. The van der Waals surface area contributed by atoms with E-state index in [0.717, 1.165) is 42.3 Å². The van der Waals surface area contributed by atoms with Crippen LogP contribution < -0.4 is 0 Å². The summed E-state index contributed by atoms with van der Waals surface area (Å²) >= 11 is 6.01. The Kier molecular flexibility index (Phi) is 3.99. The third-order valence-corrected chi connectivity index (χ3v) is 5.99. The summed E-state index contributed by atoms with van der Waals surface area (Å²) in [5.41, 5.74) is 1.74. The van der Waals surface area contributed by atoms with Crippen LogP contribution in [-0.2, 0) is 16.0 Å². The molecule has 1 unspecified atom stereocenters. The lowest BCUT2D eigenvalue weighted by atomic mass is 9.84. The van der Waals surface area contributed by atoms with Crippen molar-refractivity contribution in [3.05, 3.63) is 35.0 Å². The van der Waals surface area contributed by atoms with Crippen LogP contribution in [0.1, 0.15) is 37.8 Å². The maximum absolute atomic E-state index is 12.8. The average molecular weight is 361 g/mol. The quantitative estimate of drug-likeness (QED) is 0.878. The first-order chi connectivity index (χ1) is 12.0. The fourth-order valence-electron chi connectivity index (χ4n) is 4.55. The highest BCUT2D eigenvalue weighted by molar-refractivity contribution is 6.31. The number of nitrogens with one attached hydrogen (secondary N) is 1. The number of nitrogens with zero attached hydrogens (tertiary/aromatic N) is 1. The number of hydrogen-bond donors (Lipinski definition) is 2. The van der Waals surface area contributed by atoms with Gasteiger partial charge < -0.3 is 15.0 Å². The predicted octanol–water partition coefficient (Wildman–Crippen LogP) is 3.61. The molecule has 1 spiro atoms. The van der Waals surface area contributed by atoms with E-state index in [-0.39, 0.29) is 17.7 Å². The van der Waals surface area contributed by atoms with E-state index in [1.165, 1.54) is 0 Å². The van der Waals surface area contributed by atoms with E-state index < -0.39 is 12.0 Å². The van der Waals surface area contributed by atoms with Crippen LogP contribution in [0.3, 0.4) is 0 Å². The lowest BCUT2D eigenvalue weighted by Gasteiger charge is -2.23. The van der Waals surface area contributed by atoms with Gasteiger partial charge in [0, 0.05) is 28.2 Å². The van der Waals surface area contributed by atoms with Crippen LogP contribution in [-0.4, -0.2) is 39.5 Å². The monoisotopic (exact) mass is 360 g/mol. The second-order valence-corrected chi connectivity index (χ2v) is 7.93. The van der Waals surface area contributed by atoms with Crippen molar-refractivity contribution in [2.24, 2.45) is 5.41 Å². The Morgan fingerprint density at radius 1 is 1.28 bits per heavy atom. The molecule has 0 radical (unpaired) electrons. The molecule has 1 aromatic carbocycles. The highest BCUT2D eigenvalue weighted by atomic mass is 35.5. The second-order valence-electron chi connectivity index (χ2n) is 7.49. The summed E-state index contributed by atoms with van der Waals surface area (Å²) in [4.78, 5) is 29.3. The molecule has 0 bridgehead atoms. The van der Waals surface area contributed by atoms with Crippen molar-refractivity contribution in [1.82, 2.24) is 9.88 Å². The van der Waals surface area contributed by atoms with E-state index in [1.807, 2.05) is 18.2 Å². The molecule has 1 aliphatic carbocycles. The molecule has 1 atom stereocenters. The molecule has 25 heavy (non-hydrogen) atoms. The molecule has 132 valence electrons. The predicted molar refractivity (Wildman–Crippen MR) is 95.7 cm³/mol. The number of aromatic nitrogens is 1. The number of carbonyl (C=O) groups excluding carboxylic acids is 1. The molecule has 1 saturated carbocycles. The molecule has 6 heteroatoms. The van der Waals surface area contributed by atoms with Crippen LogP contribution in [0.4, 0.5) is 0 Å². The van der Waals surface area contributed by atoms with Gasteiger partial charge in [-0.05, 0) is 48.9 Å². The van der Waals surface area contributed by atoms with Crippen molar-refractivity contribution in [3.8, 4) is 0 Å². The van der Waals surface area contributed by atoms with Gasteiger partial charge in [0.2, 0.25) is 5.91 Å². The molecule has 1 saturated heterocycles. The number of carboxylic acids is 1. The zero-order valence-corrected chi connectivity index (χ0v) is 14.7. The number of aromatic amines is 1. The van der Waals surface area contributed by atoms with Crippen LogP contribution in [0.15, 0.2) is 24.3 Å². The maximum Gasteiger partial charge on any atom is 0.326 e. The Morgan fingerprint density at radius 3 is 2.76 bits per heavy atom. The number of carboxylic acid groups (broad SMARTS) is 1. The number of amides is 1. The first-order valence-electron chi connectivity index (χ1n) is 8.75. The van der Waals surface area contributed by atoms with Gasteiger partial charge in [0.15, 0.2) is 0 Å². The zero-order chi connectivity index (χ0) is 17.6. The van der Waals surface area contributed by atoms with Gasteiger partial charge in [0.25, 0.3) is 0 Å². The molecule has 1 aliphatic heterocycles. The first-order valence-corrected chi connectivity index (χ1v) is 9.13. The van der Waals surface area contributed by atoms with Crippen molar-refractivity contribution in [2.75, 3.05) is 6.54 Å². The summed E-state index contributed by atoms with van der Waals surface area (Å²) in [6.07, 6.45) is 5.12. The van der Waals surface area contributed by atoms with E-state index >= 15 is 0 Å². The molecule has 1 amide bonds. The van der Waals surface area contributed by atoms with E-state index in [2.05, 4.69) is 4.98 Å². The van der Waals surface area contributed by atoms with Gasteiger partial charge in [-0.1, -0.05) is 24.4 Å². The Hall–Kier alpha value is -2.01. The minimum atomic E-state index is -0.888. The van der Waals surface area contributed by atoms with E-state index in [4.69, 9.17) is 11.6 Å². The summed E-state index contributed by atoms with van der Waals surface area (Å²) in [5, 5.41) is 11.2. The van der Waals surface area contributed by atoms with Gasteiger partial charge in [-0.15, -0.1) is 0 Å². The summed E-state index contributed by atoms with van der Waals surface area (Å²) in [5.74, 6) is -1.01. The SMILES string of the molecule is O=C(O)C1CC2(CCCC2)CN1C(=O)Cc1cc2cc(Cl)ccc2[nH]1. The normalized spacial score (nSPS) is 22.1. The molecular weight excluding hydrogens is 340 g/mol. The number of aliphatic carboxylic acids is 1. The van der Waals surface area contributed by atoms with Crippen LogP contribution in [0.5, 0.6) is 0 Å². The van der Waals surface area contributed by atoms with E-state index in [1.54, 1.807) is 11.0 Å².